The van der Waals surface area contributed by atoms with E-state index < -0.39 is 0 Å². The highest BCUT2D eigenvalue weighted by molar-refractivity contribution is 5.87. The number of rotatable bonds is 9. The van der Waals surface area contributed by atoms with Gasteiger partial charge in [0.1, 0.15) is 29.2 Å². The van der Waals surface area contributed by atoms with Crippen molar-refractivity contribution in [1.82, 2.24) is 0 Å². The van der Waals surface area contributed by atoms with Gasteiger partial charge >= 0.3 is 5.97 Å². The van der Waals surface area contributed by atoms with Crippen molar-refractivity contribution in [2.75, 3.05) is 20.8 Å². The SMILES string of the molecule is COc1ccc(/C=C/C(=O)O[C@@H]2CC[C@]3(CO3)[C@@H]([C@@]3(C)O[C@@H]3CCC(C)C)[C@@H]2OC)cc1. The first-order valence-electron chi connectivity index (χ1n) is 11.7. The number of carbonyl (C=O) groups is 1. The van der Waals surface area contributed by atoms with Crippen molar-refractivity contribution in [2.24, 2.45) is 11.8 Å². The maximum Gasteiger partial charge on any atom is 0.331 e. The molecular weight excluding hydrogens is 408 g/mol. The van der Waals surface area contributed by atoms with Crippen LogP contribution < -0.4 is 4.74 Å². The molecule has 2 aliphatic heterocycles. The smallest absolute Gasteiger partial charge is 0.331 e. The molecule has 2 saturated heterocycles. The van der Waals surface area contributed by atoms with Crippen LogP contribution in [0.5, 0.6) is 5.75 Å². The lowest BCUT2D eigenvalue weighted by molar-refractivity contribution is -0.166. The third-order valence-electron chi connectivity index (χ3n) is 7.30. The van der Waals surface area contributed by atoms with Crippen LogP contribution in [-0.2, 0) is 23.7 Å². The number of esters is 1. The largest absolute Gasteiger partial charge is 0.497 e. The minimum atomic E-state index is -0.363. The number of epoxide rings is 2. The van der Waals surface area contributed by atoms with Crippen LogP contribution in [0.2, 0.25) is 0 Å². The van der Waals surface area contributed by atoms with Crippen molar-refractivity contribution in [3.8, 4) is 5.75 Å². The molecule has 1 saturated carbocycles. The molecule has 32 heavy (non-hydrogen) atoms. The van der Waals surface area contributed by atoms with E-state index in [9.17, 15) is 4.79 Å². The van der Waals surface area contributed by atoms with Gasteiger partial charge in [-0.15, -0.1) is 0 Å². The van der Waals surface area contributed by atoms with Gasteiger partial charge in [0.2, 0.25) is 0 Å². The Kier molecular flexibility index (Phi) is 6.66. The third kappa shape index (κ3) is 4.73. The molecule has 176 valence electrons. The first-order chi connectivity index (χ1) is 15.3. The fourth-order valence-corrected chi connectivity index (χ4v) is 5.34. The molecule has 3 aliphatic rings. The highest BCUT2D eigenvalue weighted by Gasteiger charge is 2.72. The molecule has 0 N–H and O–H groups in total. The molecule has 3 fully saturated rings. The molecule has 1 aliphatic carbocycles. The predicted molar refractivity (Wildman–Crippen MR) is 121 cm³/mol. The first-order valence-corrected chi connectivity index (χ1v) is 11.7. The zero-order valence-electron chi connectivity index (χ0n) is 19.8. The Morgan fingerprint density at radius 2 is 1.97 bits per heavy atom. The monoisotopic (exact) mass is 444 g/mol. The number of carbonyl (C=O) groups excluding carboxylic acids is 1. The van der Waals surface area contributed by atoms with Crippen LogP contribution in [0.25, 0.3) is 6.08 Å². The van der Waals surface area contributed by atoms with Crippen LogP contribution in [0.4, 0.5) is 0 Å². The molecule has 1 aromatic rings. The quantitative estimate of drug-likeness (QED) is 0.319. The Balaban J connectivity index is 1.42. The van der Waals surface area contributed by atoms with E-state index in [1.807, 2.05) is 24.3 Å². The lowest BCUT2D eigenvalue weighted by Crippen LogP contribution is -2.55. The van der Waals surface area contributed by atoms with Gasteiger partial charge in [-0.05, 0) is 62.3 Å². The summed E-state index contributed by atoms with van der Waals surface area (Å²) in [7, 11) is 3.32. The lowest BCUT2D eigenvalue weighted by atomic mass is 9.68. The van der Waals surface area contributed by atoms with Crippen LogP contribution in [0.3, 0.4) is 0 Å². The molecule has 0 unspecified atom stereocenters. The Morgan fingerprint density at radius 3 is 2.56 bits per heavy atom. The zero-order chi connectivity index (χ0) is 22.9. The van der Waals surface area contributed by atoms with Crippen molar-refractivity contribution in [2.45, 2.75) is 76.0 Å². The molecule has 6 heteroatoms. The highest BCUT2D eigenvalue weighted by atomic mass is 16.6. The Hall–Kier alpha value is -1.89. The normalized spacial score (nSPS) is 35.9. The van der Waals surface area contributed by atoms with Crippen molar-refractivity contribution >= 4 is 12.0 Å². The molecule has 1 spiro atoms. The van der Waals surface area contributed by atoms with Gasteiger partial charge < -0.3 is 23.7 Å². The number of ether oxygens (including phenoxy) is 5. The second-order valence-corrected chi connectivity index (χ2v) is 9.91. The maximum atomic E-state index is 12.6. The molecule has 0 aromatic heterocycles. The highest BCUT2D eigenvalue weighted by Crippen LogP contribution is 2.59. The zero-order valence-corrected chi connectivity index (χ0v) is 19.8. The van der Waals surface area contributed by atoms with Gasteiger partial charge in [0, 0.05) is 13.2 Å². The van der Waals surface area contributed by atoms with Crippen molar-refractivity contribution in [3.05, 3.63) is 35.9 Å². The Bertz CT molecular complexity index is 827. The fraction of sp³-hybridized carbons (Fsp3) is 0.654. The lowest BCUT2D eigenvalue weighted by Gasteiger charge is -2.42. The van der Waals surface area contributed by atoms with E-state index in [0.717, 1.165) is 43.6 Å². The molecule has 1 aromatic carbocycles. The average molecular weight is 445 g/mol. The van der Waals surface area contributed by atoms with E-state index in [-0.39, 0.29) is 41.4 Å². The van der Waals surface area contributed by atoms with Gasteiger partial charge in [0.05, 0.1) is 25.7 Å². The maximum absolute atomic E-state index is 12.6. The summed E-state index contributed by atoms with van der Waals surface area (Å²) in [5.74, 6) is 1.11. The summed E-state index contributed by atoms with van der Waals surface area (Å²) < 4.78 is 29.2. The van der Waals surface area contributed by atoms with E-state index in [2.05, 4.69) is 20.8 Å². The topological polar surface area (TPSA) is 69.8 Å². The molecule has 0 amide bonds. The molecular formula is C26H36O6. The molecule has 6 atom stereocenters. The van der Waals surface area contributed by atoms with E-state index in [1.54, 1.807) is 20.3 Å². The standard InChI is InChI=1S/C26H36O6/c1-17(2)6-12-21-25(3,32-21)24-23(29-5)20(14-15-26(24)16-30-26)31-22(27)13-9-18-7-10-19(28-4)11-8-18/h7-11,13,17,20-21,23-24H,6,12,14-16H2,1-5H3/b13-9+/t20-,21-,23-,24-,25+,26+/m1/s1. The van der Waals surface area contributed by atoms with Crippen LogP contribution in [0, 0.1) is 11.8 Å². The van der Waals surface area contributed by atoms with Gasteiger partial charge in [0.15, 0.2) is 0 Å². The predicted octanol–water partition coefficient (Wildman–Crippen LogP) is 4.41. The molecule has 0 bridgehead atoms. The summed E-state index contributed by atoms with van der Waals surface area (Å²) in [6.07, 6.45) is 6.61. The van der Waals surface area contributed by atoms with Gasteiger partial charge in [-0.2, -0.15) is 0 Å². The minimum Gasteiger partial charge on any atom is -0.497 e. The van der Waals surface area contributed by atoms with E-state index >= 15 is 0 Å². The Morgan fingerprint density at radius 1 is 1.25 bits per heavy atom. The summed E-state index contributed by atoms with van der Waals surface area (Å²) in [6, 6.07) is 7.51. The summed E-state index contributed by atoms with van der Waals surface area (Å²) in [5, 5.41) is 0. The molecule has 4 rings (SSSR count). The van der Waals surface area contributed by atoms with Gasteiger partial charge in [0.25, 0.3) is 0 Å². The summed E-state index contributed by atoms with van der Waals surface area (Å²) >= 11 is 0. The van der Waals surface area contributed by atoms with Crippen LogP contribution >= 0.6 is 0 Å². The third-order valence-corrected chi connectivity index (χ3v) is 7.30. The van der Waals surface area contributed by atoms with E-state index in [0.29, 0.717) is 5.92 Å². The minimum absolute atomic E-state index is 0.0503. The number of hydrogen-bond acceptors (Lipinski definition) is 6. The van der Waals surface area contributed by atoms with Crippen molar-refractivity contribution < 1.29 is 28.5 Å². The molecule has 0 radical (unpaired) electrons. The van der Waals surface area contributed by atoms with Crippen molar-refractivity contribution in [3.63, 3.8) is 0 Å². The second-order valence-electron chi connectivity index (χ2n) is 9.91. The van der Waals surface area contributed by atoms with Crippen molar-refractivity contribution in [1.29, 1.82) is 0 Å². The second kappa shape index (κ2) is 9.16. The van der Waals surface area contributed by atoms with Crippen LogP contribution in [0.1, 0.15) is 52.0 Å². The van der Waals surface area contributed by atoms with E-state index in [4.69, 9.17) is 23.7 Å². The van der Waals surface area contributed by atoms with Crippen LogP contribution in [-0.4, -0.2) is 56.3 Å². The molecule has 2 heterocycles. The van der Waals surface area contributed by atoms with Gasteiger partial charge in [-0.3, -0.25) is 0 Å². The van der Waals surface area contributed by atoms with Crippen LogP contribution in [0.15, 0.2) is 30.3 Å². The fourth-order valence-electron chi connectivity index (χ4n) is 5.34. The van der Waals surface area contributed by atoms with Gasteiger partial charge in [-0.1, -0.05) is 26.0 Å². The number of methoxy groups -OCH3 is 2. The molecule has 6 nitrogen and oxygen atoms in total. The summed E-state index contributed by atoms with van der Waals surface area (Å²) in [5.41, 5.74) is 0.407. The summed E-state index contributed by atoms with van der Waals surface area (Å²) in [6.45, 7) is 7.37. The van der Waals surface area contributed by atoms with E-state index in [1.165, 1.54) is 6.08 Å². The first kappa shape index (κ1) is 23.3. The van der Waals surface area contributed by atoms with Gasteiger partial charge in [-0.25, -0.2) is 4.79 Å². The number of hydrogen-bond donors (Lipinski definition) is 0. The summed E-state index contributed by atoms with van der Waals surface area (Å²) in [4.78, 5) is 12.6. The number of benzene rings is 1. The Labute approximate surface area is 191 Å². The average Bonchev–Trinajstić information content (AvgIpc) is 3.69.